The van der Waals surface area contributed by atoms with Gasteiger partial charge in [0.2, 0.25) is 0 Å². The van der Waals surface area contributed by atoms with E-state index in [9.17, 15) is 0 Å². The van der Waals surface area contributed by atoms with Crippen LogP contribution in [0.3, 0.4) is 0 Å². The number of nitrogens with zero attached hydrogens (tertiary/aromatic N) is 3. The fraction of sp³-hybridized carbons (Fsp3) is 0.250. The molecule has 0 unspecified atom stereocenters. The summed E-state index contributed by atoms with van der Waals surface area (Å²) in [7, 11) is 0. The van der Waals surface area contributed by atoms with E-state index in [4.69, 9.17) is 11.6 Å². The summed E-state index contributed by atoms with van der Waals surface area (Å²) >= 11 is 7.83. The van der Waals surface area contributed by atoms with Crippen molar-refractivity contribution in [3.8, 4) is 11.3 Å². The maximum atomic E-state index is 6.06. The highest BCUT2D eigenvalue weighted by Crippen LogP contribution is 2.28. The number of benzene rings is 1. The summed E-state index contributed by atoms with van der Waals surface area (Å²) in [4.78, 5) is 4.48. The Morgan fingerprint density at radius 3 is 2.90 bits per heavy atom. The maximum absolute atomic E-state index is 6.06. The van der Waals surface area contributed by atoms with Crippen LogP contribution in [0.2, 0.25) is 5.02 Å². The van der Waals surface area contributed by atoms with Crippen LogP contribution < -0.4 is 0 Å². The minimum atomic E-state index is 0.632. The van der Waals surface area contributed by atoms with Crippen molar-refractivity contribution >= 4 is 28.9 Å². The Morgan fingerprint density at radius 2 is 2.14 bits per heavy atom. The van der Waals surface area contributed by atoms with E-state index in [-0.39, 0.29) is 0 Å². The fourth-order valence-electron chi connectivity index (χ4n) is 2.04. The third-order valence-corrected chi connectivity index (χ3v) is 4.68. The molecule has 21 heavy (non-hydrogen) atoms. The first kappa shape index (κ1) is 14.4. The summed E-state index contributed by atoms with van der Waals surface area (Å²) in [5, 5.41) is 6.36. The van der Waals surface area contributed by atoms with E-state index < -0.39 is 0 Å². The Labute approximate surface area is 133 Å². The number of aromatic nitrogens is 3. The smallest absolute Gasteiger partial charge is 0.122 e. The van der Waals surface area contributed by atoms with Gasteiger partial charge < -0.3 is 0 Å². The Balaban J connectivity index is 2.01. The minimum Gasteiger partial charge on any atom is -0.246 e. The number of thioether (sulfide) groups is 1. The second-order valence-corrected chi connectivity index (χ2v) is 6.75. The van der Waals surface area contributed by atoms with Crippen molar-refractivity contribution < 1.29 is 0 Å². The Hall–Kier alpha value is -1.52. The van der Waals surface area contributed by atoms with E-state index >= 15 is 0 Å². The van der Waals surface area contributed by atoms with Gasteiger partial charge >= 0.3 is 0 Å². The maximum Gasteiger partial charge on any atom is 0.122 e. The predicted octanol–water partition coefficient (Wildman–Crippen LogP) is 4.80. The van der Waals surface area contributed by atoms with E-state index in [1.54, 1.807) is 18.0 Å². The van der Waals surface area contributed by atoms with Gasteiger partial charge in [0.1, 0.15) is 5.03 Å². The Morgan fingerprint density at radius 1 is 1.29 bits per heavy atom. The third-order valence-electron chi connectivity index (χ3n) is 3.03. The number of hydrogen-bond acceptors (Lipinski definition) is 3. The number of rotatable bonds is 4. The lowest BCUT2D eigenvalue weighted by molar-refractivity contribution is 0.749. The molecule has 0 fully saturated rings. The van der Waals surface area contributed by atoms with Gasteiger partial charge in [0.15, 0.2) is 0 Å². The minimum absolute atomic E-state index is 0.632. The van der Waals surface area contributed by atoms with Gasteiger partial charge in [-0.25, -0.2) is 9.50 Å². The zero-order valence-corrected chi connectivity index (χ0v) is 13.5. The van der Waals surface area contributed by atoms with Crippen LogP contribution in [0.15, 0.2) is 47.8 Å². The van der Waals surface area contributed by atoms with Crippen LogP contribution in [-0.2, 0) is 0 Å². The van der Waals surface area contributed by atoms with E-state index in [1.807, 2.05) is 35.0 Å². The summed E-state index contributed by atoms with van der Waals surface area (Å²) in [6.45, 7) is 4.42. The van der Waals surface area contributed by atoms with Gasteiger partial charge in [0, 0.05) is 28.7 Å². The molecule has 0 radical (unpaired) electrons. The highest BCUT2D eigenvalue weighted by molar-refractivity contribution is 7.99. The molecule has 2 aromatic heterocycles. The quantitative estimate of drug-likeness (QED) is 0.648. The summed E-state index contributed by atoms with van der Waals surface area (Å²) in [6, 6.07) is 9.82. The predicted molar refractivity (Wildman–Crippen MR) is 89.0 cm³/mol. The zero-order valence-electron chi connectivity index (χ0n) is 12.0. The van der Waals surface area contributed by atoms with Gasteiger partial charge in [-0.3, -0.25) is 0 Å². The van der Waals surface area contributed by atoms with Crippen LogP contribution in [0, 0.1) is 5.92 Å². The Bertz CT molecular complexity index is 767. The summed E-state index contributed by atoms with van der Waals surface area (Å²) < 4.78 is 1.88. The van der Waals surface area contributed by atoms with E-state index in [1.165, 1.54) is 0 Å². The van der Waals surface area contributed by atoms with Crippen LogP contribution in [0.5, 0.6) is 0 Å². The molecule has 108 valence electrons. The molecule has 0 aliphatic rings. The lowest BCUT2D eigenvalue weighted by Crippen LogP contribution is -1.94. The molecule has 0 aliphatic heterocycles. The van der Waals surface area contributed by atoms with Gasteiger partial charge in [-0.05, 0) is 24.1 Å². The van der Waals surface area contributed by atoms with E-state index in [0.717, 1.165) is 32.6 Å². The molecule has 2 heterocycles. The van der Waals surface area contributed by atoms with Crippen LogP contribution in [0.1, 0.15) is 13.8 Å². The van der Waals surface area contributed by atoms with E-state index in [2.05, 4.69) is 30.0 Å². The molecule has 0 bridgehead atoms. The second-order valence-electron chi connectivity index (χ2n) is 5.31. The van der Waals surface area contributed by atoms with Crippen molar-refractivity contribution in [1.82, 2.24) is 14.6 Å². The number of fused-ring (bicyclic) bond motifs is 1. The molecule has 3 nitrogen and oxygen atoms in total. The number of halogens is 1. The molecule has 0 spiro atoms. The monoisotopic (exact) mass is 317 g/mol. The SMILES string of the molecule is CC(C)CSc1nccn2nc(-c3cccc(Cl)c3)cc12. The standard InChI is InChI=1S/C16H16ClN3S/c1-11(2)10-21-16-15-9-14(19-20(15)7-6-18-16)12-4-3-5-13(17)8-12/h3-9,11H,10H2,1-2H3. The zero-order chi connectivity index (χ0) is 14.8. The van der Waals surface area contributed by atoms with Gasteiger partial charge in [-0.1, -0.05) is 37.6 Å². The highest BCUT2D eigenvalue weighted by Gasteiger charge is 2.10. The third kappa shape index (κ3) is 3.22. The summed E-state index contributed by atoms with van der Waals surface area (Å²) in [5.41, 5.74) is 2.97. The van der Waals surface area contributed by atoms with Gasteiger partial charge in [0.05, 0.1) is 11.2 Å². The normalized spacial score (nSPS) is 11.4. The molecule has 0 saturated heterocycles. The molecule has 3 rings (SSSR count). The molecule has 1 aromatic carbocycles. The first-order valence-corrected chi connectivity index (χ1v) is 8.23. The van der Waals surface area contributed by atoms with Crippen molar-refractivity contribution in [3.05, 3.63) is 47.7 Å². The molecule has 0 N–H and O–H groups in total. The number of hydrogen-bond donors (Lipinski definition) is 0. The lowest BCUT2D eigenvalue weighted by atomic mass is 10.1. The van der Waals surface area contributed by atoms with Crippen LogP contribution in [-0.4, -0.2) is 20.4 Å². The van der Waals surface area contributed by atoms with Crippen molar-refractivity contribution in [2.45, 2.75) is 18.9 Å². The van der Waals surface area contributed by atoms with E-state index in [0.29, 0.717) is 5.92 Å². The van der Waals surface area contributed by atoms with Crippen molar-refractivity contribution in [3.63, 3.8) is 0 Å². The summed E-state index contributed by atoms with van der Waals surface area (Å²) in [6.07, 6.45) is 3.67. The first-order valence-electron chi connectivity index (χ1n) is 6.86. The first-order chi connectivity index (χ1) is 10.1. The summed E-state index contributed by atoms with van der Waals surface area (Å²) in [5.74, 6) is 1.68. The molecule has 0 saturated carbocycles. The average Bonchev–Trinajstić information content (AvgIpc) is 2.89. The van der Waals surface area contributed by atoms with Crippen LogP contribution in [0.4, 0.5) is 0 Å². The molecule has 0 amide bonds. The van der Waals surface area contributed by atoms with Crippen LogP contribution in [0.25, 0.3) is 16.8 Å². The van der Waals surface area contributed by atoms with Gasteiger partial charge in [0.25, 0.3) is 0 Å². The molecule has 0 atom stereocenters. The lowest BCUT2D eigenvalue weighted by Gasteiger charge is -2.04. The molecule has 0 aliphatic carbocycles. The molecule has 3 aromatic rings. The van der Waals surface area contributed by atoms with Crippen molar-refractivity contribution in [1.29, 1.82) is 0 Å². The van der Waals surface area contributed by atoms with Crippen molar-refractivity contribution in [2.24, 2.45) is 5.92 Å². The van der Waals surface area contributed by atoms with Crippen LogP contribution >= 0.6 is 23.4 Å². The topological polar surface area (TPSA) is 30.2 Å². The van der Waals surface area contributed by atoms with Crippen molar-refractivity contribution in [2.75, 3.05) is 5.75 Å². The van der Waals surface area contributed by atoms with Gasteiger partial charge in [-0.15, -0.1) is 11.8 Å². The molecule has 5 heteroatoms. The fourth-order valence-corrected chi connectivity index (χ4v) is 3.16. The largest absolute Gasteiger partial charge is 0.246 e. The molecular formula is C16H16ClN3S. The molecular weight excluding hydrogens is 302 g/mol. The average molecular weight is 318 g/mol. The Kier molecular flexibility index (Phi) is 4.17. The second kappa shape index (κ2) is 6.08. The highest BCUT2D eigenvalue weighted by atomic mass is 35.5. The van der Waals surface area contributed by atoms with Gasteiger partial charge in [-0.2, -0.15) is 5.10 Å².